The Hall–Kier alpha value is -0.760. The quantitative estimate of drug-likeness (QED) is 0.637. The van der Waals surface area contributed by atoms with Gasteiger partial charge in [0, 0.05) is 18.8 Å². The number of morpholine rings is 1. The summed E-state index contributed by atoms with van der Waals surface area (Å²) in [6.45, 7) is 7.95. The first kappa shape index (κ1) is 9.78. The normalized spacial score (nSPS) is 26.9. The Morgan fingerprint density at radius 2 is 2.21 bits per heavy atom. The van der Waals surface area contributed by atoms with Crippen molar-refractivity contribution in [3.05, 3.63) is 24.4 Å². The zero-order valence-electron chi connectivity index (χ0n) is 8.74. The van der Waals surface area contributed by atoms with Crippen LogP contribution in [0, 0.1) is 5.92 Å². The van der Waals surface area contributed by atoms with E-state index < -0.39 is 0 Å². The molecule has 1 unspecified atom stereocenters. The number of nitrogens with zero attached hydrogens (tertiary/aromatic N) is 1. The van der Waals surface area contributed by atoms with Crippen LogP contribution in [0.5, 0.6) is 0 Å². The maximum absolute atomic E-state index is 5.32. The molecular formula is C12H19NO. The van der Waals surface area contributed by atoms with Gasteiger partial charge in [0.2, 0.25) is 0 Å². The average Bonchev–Trinajstić information content (AvgIpc) is 2.72. The van der Waals surface area contributed by atoms with Crippen LogP contribution in [-0.4, -0.2) is 31.2 Å². The largest absolute Gasteiger partial charge is 0.378 e. The molecule has 1 heterocycles. The van der Waals surface area contributed by atoms with Crippen LogP contribution >= 0.6 is 0 Å². The molecule has 2 nitrogen and oxygen atoms in total. The highest BCUT2D eigenvalue weighted by Gasteiger charge is 2.16. The van der Waals surface area contributed by atoms with E-state index in [0.717, 1.165) is 38.6 Å². The highest BCUT2D eigenvalue weighted by Crippen LogP contribution is 2.25. The highest BCUT2D eigenvalue weighted by molar-refractivity contribution is 5.04. The van der Waals surface area contributed by atoms with Gasteiger partial charge in [-0.3, -0.25) is 0 Å². The van der Waals surface area contributed by atoms with Gasteiger partial charge in [-0.15, -0.1) is 0 Å². The number of rotatable bonds is 3. The van der Waals surface area contributed by atoms with E-state index in [4.69, 9.17) is 4.74 Å². The minimum Gasteiger partial charge on any atom is -0.378 e. The molecule has 2 heteroatoms. The third kappa shape index (κ3) is 2.38. The molecule has 14 heavy (non-hydrogen) atoms. The topological polar surface area (TPSA) is 12.5 Å². The van der Waals surface area contributed by atoms with Gasteiger partial charge in [-0.2, -0.15) is 0 Å². The van der Waals surface area contributed by atoms with Crippen molar-refractivity contribution in [1.29, 1.82) is 0 Å². The van der Waals surface area contributed by atoms with Gasteiger partial charge in [-0.25, -0.2) is 0 Å². The molecule has 2 aliphatic rings. The summed E-state index contributed by atoms with van der Waals surface area (Å²) in [4.78, 5) is 2.37. The van der Waals surface area contributed by atoms with E-state index in [0.29, 0.717) is 0 Å². The van der Waals surface area contributed by atoms with Crippen molar-refractivity contribution in [2.24, 2.45) is 5.92 Å². The molecule has 2 rings (SSSR count). The predicted octanol–water partition coefficient (Wildman–Crippen LogP) is 2.19. The second kappa shape index (κ2) is 4.65. The van der Waals surface area contributed by atoms with Gasteiger partial charge >= 0.3 is 0 Å². The molecule has 0 N–H and O–H groups in total. The van der Waals surface area contributed by atoms with Crippen LogP contribution in [0.3, 0.4) is 0 Å². The number of ether oxygens (including phenoxy) is 1. The zero-order chi connectivity index (χ0) is 9.80. The average molecular weight is 193 g/mol. The highest BCUT2D eigenvalue weighted by atomic mass is 16.5. The Morgan fingerprint density at radius 3 is 2.86 bits per heavy atom. The summed E-state index contributed by atoms with van der Waals surface area (Å²) in [6.07, 6.45) is 8.32. The van der Waals surface area contributed by atoms with E-state index in [2.05, 4.69) is 23.6 Å². The number of allylic oxidation sites excluding steroid dienone is 3. The molecule has 0 aromatic carbocycles. The molecule has 1 atom stereocenters. The summed E-state index contributed by atoms with van der Waals surface area (Å²) < 4.78 is 5.32. The monoisotopic (exact) mass is 193 g/mol. The Morgan fingerprint density at radius 1 is 1.43 bits per heavy atom. The van der Waals surface area contributed by atoms with Crippen LogP contribution in [0.25, 0.3) is 0 Å². The molecule has 0 amide bonds. The molecule has 1 fully saturated rings. The minimum absolute atomic E-state index is 0.741. The third-order valence-corrected chi connectivity index (χ3v) is 3.07. The molecular weight excluding hydrogens is 174 g/mol. The first-order valence-corrected chi connectivity index (χ1v) is 5.53. The maximum Gasteiger partial charge on any atom is 0.0642 e. The Labute approximate surface area is 86.2 Å². The summed E-state index contributed by atoms with van der Waals surface area (Å²) in [5, 5.41) is 0. The van der Waals surface area contributed by atoms with Crippen LogP contribution in [-0.2, 0) is 4.74 Å². The fraction of sp³-hybridized carbons (Fsp3) is 0.667. The van der Waals surface area contributed by atoms with Gasteiger partial charge in [0.15, 0.2) is 0 Å². The smallest absolute Gasteiger partial charge is 0.0642 e. The van der Waals surface area contributed by atoms with Gasteiger partial charge in [0.05, 0.1) is 13.2 Å². The summed E-state index contributed by atoms with van der Waals surface area (Å²) in [7, 11) is 0. The molecule has 0 bridgehead atoms. The second-order valence-electron chi connectivity index (χ2n) is 4.14. The SMILES string of the molecule is C=C(CC1C=CCC1)N1CCOCC1. The lowest BCUT2D eigenvalue weighted by Crippen LogP contribution is -2.35. The van der Waals surface area contributed by atoms with E-state index in [1.54, 1.807) is 0 Å². The molecule has 0 aromatic heterocycles. The lowest BCUT2D eigenvalue weighted by atomic mass is 10.0. The number of hydrogen-bond acceptors (Lipinski definition) is 2. The summed E-state index contributed by atoms with van der Waals surface area (Å²) in [5.41, 5.74) is 1.30. The van der Waals surface area contributed by atoms with Crippen molar-refractivity contribution >= 4 is 0 Å². The lowest BCUT2D eigenvalue weighted by Gasteiger charge is -2.31. The first-order valence-electron chi connectivity index (χ1n) is 5.53. The molecule has 1 saturated heterocycles. The molecule has 0 spiro atoms. The van der Waals surface area contributed by atoms with Crippen molar-refractivity contribution in [3.8, 4) is 0 Å². The summed E-state index contributed by atoms with van der Waals surface area (Å²) in [6, 6.07) is 0. The van der Waals surface area contributed by atoms with Crippen LogP contribution in [0.4, 0.5) is 0 Å². The fourth-order valence-corrected chi connectivity index (χ4v) is 2.18. The van der Waals surface area contributed by atoms with Crippen molar-refractivity contribution in [2.45, 2.75) is 19.3 Å². The standard InChI is InChI=1S/C12H19NO/c1-11(10-12-4-2-3-5-12)13-6-8-14-9-7-13/h2,4,12H,1,3,5-10H2. The van der Waals surface area contributed by atoms with Crippen molar-refractivity contribution in [1.82, 2.24) is 4.90 Å². The molecule has 0 saturated carbocycles. The molecule has 1 aliphatic carbocycles. The first-order chi connectivity index (χ1) is 6.86. The van der Waals surface area contributed by atoms with Crippen LogP contribution in [0.1, 0.15) is 19.3 Å². The van der Waals surface area contributed by atoms with Crippen molar-refractivity contribution in [2.75, 3.05) is 26.3 Å². The van der Waals surface area contributed by atoms with Gasteiger partial charge in [0.1, 0.15) is 0 Å². The summed E-state index contributed by atoms with van der Waals surface area (Å²) in [5.74, 6) is 0.741. The third-order valence-electron chi connectivity index (χ3n) is 3.07. The van der Waals surface area contributed by atoms with Crippen LogP contribution in [0.15, 0.2) is 24.4 Å². The van der Waals surface area contributed by atoms with Crippen molar-refractivity contribution < 1.29 is 4.74 Å². The minimum atomic E-state index is 0.741. The van der Waals surface area contributed by atoms with E-state index in [9.17, 15) is 0 Å². The lowest BCUT2D eigenvalue weighted by molar-refractivity contribution is 0.0516. The predicted molar refractivity (Wildman–Crippen MR) is 58.0 cm³/mol. The van der Waals surface area contributed by atoms with E-state index >= 15 is 0 Å². The fourth-order valence-electron chi connectivity index (χ4n) is 2.18. The van der Waals surface area contributed by atoms with Gasteiger partial charge in [-0.1, -0.05) is 18.7 Å². The van der Waals surface area contributed by atoms with Gasteiger partial charge in [-0.05, 0) is 25.2 Å². The maximum atomic E-state index is 5.32. The van der Waals surface area contributed by atoms with E-state index in [-0.39, 0.29) is 0 Å². The van der Waals surface area contributed by atoms with Gasteiger partial charge < -0.3 is 9.64 Å². The zero-order valence-corrected chi connectivity index (χ0v) is 8.74. The van der Waals surface area contributed by atoms with E-state index in [1.807, 2.05) is 0 Å². The molecule has 0 radical (unpaired) electrons. The Bertz CT molecular complexity index is 228. The summed E-state index contributed by atoms with van der Waals surface area (Å²) >= 11 is 0. The van der Waals surface area contributed by atoms with Gasteiger partial charge in [0.25, 0.3) is 0 Å². The molecule has 0 aromatic rings. The number of hydrogen-bond donors (Lipinski definition) is 0. The molecule has 1 aliphatic heterocycles. The Kier molecular flexibility index (Phi) is 3.25. The molecule has 78 valence electrons. The van der Waals surface area contributed by atoms with Crippen molar-refractivity contribution in [3.63, 3.8) is 0 Å². The van der Waals surface area contributed by atoms with E-state index in [1.165, 1.54) is 18.5 Å². The van der Waals surface area contributed by atoms with Crippen LogP contribution in [0.2, 0.25) is 0 Å². The Balaban J connectivity index is 1.78. The second-order valence-corrected chi connectivity index (χ2v) is 4.14. The van der Waals surface area contributed by atoms with Crippen LogP contribution < -0.4 is 0 Å².